The molecule has 0 atom stereocenters. The van der Waals surface area contributed by atoms with Gasteiger partial charge in [-0.25, -0.2) is 0 Å². The van der Waals surface area contributed by atoms with Gasteiger partial charge in [0.1, 0.15) is 0 Å². The number of hydrogen-bond acceptors (Lipinski definition) is 2. The molecule has 0 rings (SSSR count). The van der Waals surface area contributed by atoms with Crippen molar-refractivity contribution in [2.45, 2.75) is 12.8 Å². The smallest absolute Gasteiger partial charge is 0.0146 e. The molecule has 2 nitrogen and oxygen atoms in total. The third-order valence-electron chi connectivity index (χ3n) is 1.56. The molecular weight excluding hydrogens is 172 g/mol. The molecule has 1 N–H and O–H groups in total. The molecule has 0 aromatic rings. The Hall–Kier alpha value is -0.0500. The van der Waals surface area contributed by atoms with E-state index in [0.29, 0.717) is 0 Å². The Morgan fingerprint density at radius 2 is 2.08 bits per heavy atom. The summed E-state index contributed by atoms with van der Waals surface area (Å²) >= 11 is 5.36. The van der Waals surface area contributed by atoms with Gasteiger partial charge >= 0.3 is 0 Å². The Morgan fingerprint density at radius 3 is 2.67 bits per heavy atom. The van der Waals surface area contributed by atoms with Gasteiger partial charge < -0.3 is 10.2 Å². The maximum atomic E-state index is 5.36. The van der Waals surface area contributed by atoms with Gasteiger partial charge in [0.05, 0.1) is 0 Å². The van der Waals surface area contributed by atoms with Crippen molar-refractivity contribution in [2.75, 3.05) is 33.7 Å². The van der Waals surface area contributed by atoms with Crippen LogP contribution in [-0.2, 0) is 0 Å². The summed E-state index contributed by atoms with van der Waals surface area (Å²) in [6.45, 7) is 3.13. The minimum atomic E-state index is 0.880. The molecule has 0 amide bonds. The van der Waals surface area contributed by atoms with E-state index in [4.69, 9.17) is 11.6 Å². The average Bonchev–Trinajstić information content (AvgIpc) is 2.02. The molecule has 0 aromatic carbocycles. The minimum Gasteiger partial charge on any atom is -0.313 e. The zero-order valence-corrected chi connectivity index (χ0v) is 8.77. The molecule has 3 heteroatoms. The van der Waals surface area contributed by atoms with Crippen LogP contribution in [0.25, 0.3) is 0 Å². The van der Waals surface area contributed by atoms with Gasteiger partial charge in [0.2, 0.25) is 0 Å². The Labute approximate surface area is 80.6 Å². The van der Waals surface area contributed by atoms with Crippen molar-refractivity contribution in [3.63, 3.8) is 0 Å². The van der Waals surface area contributed by atoms with Crippen LogP contribution in [0.4, 0.5) is 0 Å². The molecule has 0 aromatic heterocycles. The maximum absolute atomic E-state index is 5.36. The van der Waals surface area contributed by atoms with Gasteiger partial charge in [-0.3, -0.25) is 0 Å². The molecule has 0 saturated heterocycles. The third kappa shape index (κ3) is 9.95. The first-order valence-electron chi connectivity index (χ1n) is 4.38. The van der Waals surface area contributed by atoms with Crippen LogP contribution in [0.15, 0.2) is 11.6 Å². The van der Waals surface area contributed by atoms with Crippen LogP contribution in [0.3, 0.4) is 0 Å². The SMILES string of the molecule is CN(C)CCCCNC/C=C/Cl. The second kappa shape index (κ2) is 9.04. The van der Waals surface area contributed by atoms with Crippen LogP contribution in [0.1, 0.15) is 12.8 Å². The zero-order chi connectivity index (χ0) is 9.23. The number of hydrogen-bond donors (Lipinski definition) is 1. The van der Waals surface area contributed by atoms with Crippen LogP contribution in [-0.4, -0.2) is 38.6 Å². The highest BCUT2D eigenvalue weighted by molar-refractivity contribution is 6.25. The highest BCUT2D eigenvalue weighted by atomic mass is 35.5. The molecule has 12 heavy (non-hydrogen) atoms. The predicted molar refractivity (Wildman–Crippen MR) is 55.7 cm³/mol. The number of nitrogens with one attached hydrogen (secondary N) is 1. The first kappa shape index (κ1) is 11.9. The largest absolute Gasteiger partial charge is 0.313 e. The molecular formula is C9H19ClN2. The Morgan fingerprint density at radius 1 is 1.33 bits per heavy atom. The summed E-state index contributed by atoms with van der Waals surface area (Å²) in [6.07, 6.45) is 4.40. The van der Waals surface area contributed by atoms with Gasteiger partial charge in [0.15, 0.2) is 0 Å². The fourth-order valence-electron chi connectivity index (χ4n) is 0.908. The number of rotatable bonds is 7. The number of nitrogens with zero attached hydrogens (tertiary/aromatic N) is 1. The second-order valence-corrected chi connectivity index (χ2v) is 3.33. The average molecular weight is 191 g/mol. The van der Waals surface area contributed by atoms with E-state index in [1.807, 2.05) is 6.08 Å². The number of halogens is 1. The highest BCUT2D eigenvalue weighted by Crippen LogP contribution is 1.88. The van der Waals surface area contributed by atoms with Gasteiger partial charge in [-0.1, -0.05) is 17.7 Å². The van der Waals surface area contributed by atoms with Crippen molar-refractivity contribution < 1.29 is 0 Å². The first-order valence-corrected chi connectivity index (χ1v) is 4.81. The van der Waals surface area contributed by atoms with E-state index in [0.717, 1.165) is 13.1 Å². The molecule has 0 unspecified atom stereocenters. The van der Waals surface area contributed by atoms with Crippen LogP contribution >= 0.6 is 11.6 Å². The molecule has 0 bridgehead atoms. The fraction of sp³-hybridized carbons (Fsp3) is 0.778. The maximum Gasteiger partial charge on any atom is 0.0146 e. The van der Waals surface area contributed by atoms with Gasteiger partial charge in [-0.15, -0.1) is 0 Å². The Kier molecular flexibility index (Phi) is 9.00. The number of unbranched alkanes of at least 4 members (excludes halogenated alkanes) is 1. The summed E-state index contributed by atoms with van der Waals surface area (Å²) in [4.78, 5) is 2.21. The normalized spacial score (nSPS) is 11.7. The summed E-state index contributed by atoms with van der Waals surface area (Å²) in [6, 6.07) is 0. The Bertz CT molecular complexity index is 113. The molecule has 0 aliphatic rings. The summed E-state index contributed by atoms with van der Waals surface area (Å²) < 4.78 is 0. The van der Waals surface area contributed by atoms with E-state index in [-0.39, 0.29) is 0 Å². The quantitative estimate of drug-likeness (QED) is 0.615. The highest BCUT2D eigenvalue weighted by Gasteiger charge is 1.89. The molecule has 0 saturated carbocycles. The molecule has 0 fully saturated rings. The molecule has 0 aliphatic carbocycles. The van der Waals surface area contributed by atoms with Crippen molar-refractivity contribution in [1.29, 1.82) is 0 Å². The van der Waals surface area contributed by atoms with Crippen molar-refractivity contribution in [2.24, 2.45) is 0 Å². The predicted octanol–water partition coefficient (Wildman–Crippen LogP) is 1.67. The lowest BCUT2D eigenvalue weighted by Gasteiger charge is -2.08. The lowest BCUT2D eigenvalue weighted by atomic mass is 10.3. The summed E-state index contributed by atoms with van der Waals surface area (Å²) in [5, 5.41) is 3.27. The molecule has 0 radical (unpaired) electrons. The van der Waals surface area contributed by atoms with Gasteiger partial charge in [0, 0.05) is 12.1 Å². The second-order valence-electron chi connectivity index (χ2n) is 3.08. The summed E-state index contributed by atoms with van der Waals surface area (Å²) in [7, 11) is 4.20. The van der Waals surface area contributed by atoms with E-state index in [1.165, 1.54) is 19.4 Å². The lowest BCUT2D eigenvalue weighted by molar-refractivity contribution is 0.392. The molecule has 72 valence electrons. The van der Waals surface area contributed by atoms with E-state index in [2.05, 4.69) is 24.3 Å². The Balaban J connectivity index is 2.91. The first-order chi connectivity index (χ1) is 5.77. The van der Waals surface area contributed by atoms with Gasteiger partial charge in [-0.2, -0.15) is 0 Å². The third-order valence-corrected chi connectivity index (χ3v) is 1.74. The zero-order valence-electron chi connectivity index (χ0n) is 8.02. The van der Waals surface area contributed by atoms with E-state index < -0.39 is 0 Å². The summed E-state index contributed by atoms with van der Waals surface area (Å²) in [5.41, 5.74) is 1.55. The van der Waals surface area contributed by atoms with Crippen LogP contribution in [0, 0.1) is 0 Å². The van der Waals surface area contributed by atoms with Crippen LogP contribution in [0.2, 0.25) is 0 Å². The summed E-state index contributed by atoms with van der Waals surface area (Å²) in [5.74, 6) is 0. The van der Waals surface area contributed by atoms with Crippen LogP contribution < -0.4 is 5.32 Å². The van der Waals surface area contributed by atoms with E-state index in [9.17, 15) is 0 Å². The molecule has 0 spiro atoms. The van der Waals surface area contributed by atoms with Crippen molar-refractivity contribution in [1.82, 2.24) is 10.2 Å². The topological polar surface area (TPSA) is 15.3 Å². The standard InChI is InChI=1S/C9H19ClN2/c1-12(2)9-4-3-7-11-8-5-6-10/h5-6,11H,3-4,7-9H2,1-2H3/b6-5+. The van der Waals surface area contributed by atoms with Crippen molar-refractivity contribution in [3.05, 3.63) is 11.6 Å². The molecule has 0 heterocycles. The van der Waals surface area contributed by atoms with E-state index >= 15 is 0 Å². The van der Waals surface area contributed by atoms with Gasteiger partial charge in [-0.05, 0) is 40.0 Å². The molecule has 0 aliphatic heterocycles. The lowest BCUT2D eigenvalue weighted by Crippen LogP contribution is -2.18. The van der Waals surface area contributed by atoms with E-state index in [1.54, 1.807) is 5.54 Å². The van der Waals surface area contributed by atoms with Gasteiger partial charge in [0.25, 0.3) is 0 Å². The van der Waals surface area contributed by atoms with Crippen LogP contribution in [0.5, 0.6) is 0 Å². The monoisotopic (exact) mass is 190 g/mol. The minimum absolute atomic E-state index is 0.880. The van der Waals surface area contributed by atoms with Crippen molar-refractivity contribution in [3.8, 4) is 0 Å². The van der Waals surface area contributed by atoms with Crippen molar-refractivity contribution >= 4 is 11.6 Å². The fourth-order valence-corrected chi connectivity index (χ4v) is 0.997.